The van der Waals surface area contributed by atoms with Crippen molar-refractivity contribution < 1.29 is 9.53 Å². The van der Waals surface area contributed by atoms with Gasteiger partial charge in [-0.3, -0.25) is 4.79 Å². The smallest absolute Gasteiger partial charge is 0.242 e. The minimum absolute atomic E-state index is 0.0499. The second-order valence-electron chi connectivity index (χ2n) is 5.58. The third-order valence-corrected chi connectivity index (χ3v) is 3.96. The molecule has 1 amide bonds. The quantitative estimate of drug-likeness (QED) is 0.888. The van der Waals surface area contributed by atoms with Crippen molar-refractivity contribution in [3.63, 3.8) is 0 Å². The first-order valence-corrected chi connectivity index (χ1v) is 7.28. The highest BCUT2D eigenvalue weighted by Crippen LogP contribution is 2.20. The zero-order valence-corrected chi connectivity index (χ0v) is 12.2. The molecule has 4 nitrogen and oxygen atoms in total. The number of ether oxygens (including phenoxy) is 1. The molecule has 0 saturated carbocycles. The Labute approximate surface area is 120 Å². The maximum absolute atomic E-state index is 12.4. The van der Waals surface area contributed by atoms with Crippen LogP contribution in [0.15, 0.2) is 30.3 Å². The summed E-state index contributed by atoms with van der Waals surface area (Å²) in [6, 6.07) is 10.3. The summed E-state index contributed by atoms with van der Waals surface area (Å²) < 4.78 is 5.28. The van der Waals surface area contributed by atoms with E-state index < -0.39 is 5.54 Å². The first kappa shape index (κ1) is 15.0. The molecule has 1 fully saturated rings. The van der Waals surface area contributed by atoms with E-state index in [0.29, 0.717) is 26.1 Å². The number of hydrogen-bond acceptors (Lipinski definition) is 3. The predicted octanol–water partition coefficient (Wildman–Crippen LogP) is 1.59. The molecule has 0 aromatic heterocycles. The molecule has 2 N–H and O–H groups in total. The van der Waals surface area contributed by atoms with Gasteiger partial charge in [0.2, 0.25) is 5.91 Å². The van der Waals surface area contributed by atoms with Gasteiger partial charge < -0.3 is 15.4 Å². The van der Waals surface area contributed by atoms with Crippen LogP contribution >= 0.6 is 0 Å². The third kappa shape index (κ3) is 3.81. The van der Waals surface area contributed by atoms with Crippen molar-refractivity contribution in [2.75, 3.05) is 26.8 Å². The molecule has 0 spiro atoms. The maximum atomic E-state index is 12.4. The lowest BCUT2D eigenvalue weighted by molar-refractivity contribution is -0.139. The molecule has 0 atom stereocenters. The lowest BCUT2D eigenvalue weighted by Crippen LogP contribution is -2.57. The fraction of sp³-hybridized carbons (Fsp3) is 0.562. The Morgan fingerprint density at radius 2 is 1.95 bits per heavy atom. The van der Waals surface area contributed by atoms with E-state index in [2.05, 4.69) is 12.1 Å². The fourth-order valence-electron chi connectivity index (χ4n) is 2.60. The summed E-state index contributed by atoms with van der Waals surface area (Å²) in [5.41, 5.74) is 6.80. The molecule has 2 rings (SSSR count). The maximum Gasteiger partial charge on any atom is 0.242 e. The Hall–Kier alpha value is -1.39. The standard InChI is InChI=1S/C16H24N2O2/c1-18(11-5-8-14-6-3-2-4-7-14)15(19)16(17)9-12-20-13-10-16/h2-4,6-7H,5,8-13,17H2,1H3. The van der Waals surface area contributed by atoms with Crippen LogP contribution in [0.2, 0.25) is 0 Å². The van der Waals surface area contributed by atoms with Gasteiger partial charge in [0.05, 0.1) is 5.54 Å². The highest BCUT2D eigenvalue weighted by Gasteiger charge is 2.37. The van der Waals surface area contributed by atoms with Crippen LogP contribution < -0.4 is 5.73 Å². The van der Waals surface area contributed by atoms with Gasteiger partial charge in [-0.05, 0) is 31.2 Å². The number of likely N-dealkylation sites (N-methyl/N-ethyl adjacent to an activating group) is 1. The SMILES string of the molecule is CN(CCCc1ccccc1)C(=O)C1(N)CCOCC1. The number of carbonyl (C=O) groups is 1. The van der Waals surface area contributed by atoms with Crippen molar-refractivity contribution in [1.29, 1.82) is 0 Å². The monoisotopic (exact) mass is 276 g/mol. The summed E-state index contributed by atoms with van der Waals surface area (Å²) in [7, 11) is 1.84. The second-order valence-corrected chi connectivity index (χ2v) is 5.58. The normalized spacial score (nSPS) is 17.7. The first-order valence-electron chi connectivity index (χ1n) is 7.28. The molecular formula is C16H24N2O2. The highest BCUT2D eigenvalue weighted by atomic mass is 16.5. The van der Waals surface area contributed by atoms with Crippen LogP contribution in [0.5, 0.6) is 0 Å². The van der Waals surface area contributed by atoms with E-state index >= 15 is 0 Å². The topological polar surface area (TPSA) is 55.6 Å². The van der Waals surface area contributed by atoms with Crippen molar-refractivity contribution in [1.82, 2.24) is 4.90 Å². The van der Waals surface area contributed by atoms with Crippen molar-refractivity contribution in [2.24, 2.45) is 5.73 Å². The Balaban J connectivity index is 1.79. The summed E-state index contributed by atoms with van der Waals surface area (Å²) >= 11 is 0. The van der Waals surface area contributed by atoms with Crippen molar-refractivity contribution >= 4 is 5.91 Å². The van der Waals surface area contributed by atoms with Crippen LogP contribution in [0.1, 0.15) is 24.8 Å². The average Bonchev–Trinajstić information content (AvgIpc) is 2.48. The number of nitrogens with two attached hydrogens (primary N) is 1. The minimum Gasteiger partial charge on any atom is -0.381 e. The number of rotatable bonds is 5. The number of carbonyl (C=O) groups excluding carboxylic acids is 1. The van der Waals surface area contributed by atoms with E-state index in [1.54, 1.807) is 4.90 Å². The van der Waals surface area contributed by atoms with Gasteiger partial charge in [0.1, 0.15) is 0 Å². The molecule has 1 aromatic rings. The molecule has 0 radical (unpaired) electrons. The molecule has 1 aliphatic heterocycles. The van der Waals surface area contributed by atoms with Gasteiger partial charge in [-0.1, -0.05) is 30.3 Å². The average molecular weight is 276 g/mol. The predicted molar refractivity (Wildman–Crippen MR) is 79.4 cm³/mol. The molecule has 20 heavy (non-hydrogen) atoms. The Morgan fingerprint density at radius 3 is 2.60 bits per heavy atom. The summed E-state index contributed by atoms with van der Waals surface area (Å²) in [6.07, 6.45) is 3.18. The number of benzene rings is 1. The Morgan fingerprint density at radius 1 is 1.30 bits per heavy atom. The minimum atomic E-state index is -0.722. The molecule has 0 unspecified atom stereocenters. The Kier molecular flexibility index (Phi) is 5.15. The van der Waals surface area contributed by atoms with E-state index in [-0.39, 0.29) is 5.91 Å². The van der Waals surface area contributed by atoms with Gasteiger partial charge in [0, 0.05) is 26.8 Å². The van der Waals surface area contributed by atoms with Gasteiger partial charge in [-0.15, -0.1) is 0 Å². The van der Waals surface area contributed by atoms with E-state index in [1.807, 2.05) is 25.2 Å². The molecule has 110 valence electrons. The Bertz CT molecular complexity index is 427. The molecular weight excluding hydrogens is 252 g/mol. The molecule has 1 aromatic carbocycles. The van der Waals surface area contributed by atoms with Gasteiger partial charge in [0.25, 0.3) is 0 Å². The second kappa shape index (κ2) is 6.86. The lowest BCUT2D eigenvalue weighted by Gasteiger charge is -2.35. The van der Waals surface area contributed by atoms with Crippen LogP contribution in [-0.4, -0.2) is 43.2 Å². The lowest BCUT2D eigenvalue weighted by atomic mass is 9.90. The van der Waals surface area contributed by atoms with E-state index in [4.69, 9.17) is 10.5 Å². The van der Waals surface area contributed by atoms with E-state index in [9.17, 15) is 4.79 Å². The van der Waals surface area contributed by atoms with Crippen molar-refractivity contribution in [3.8, 4) is 0 Å². The summed E-state index contributed by atoms with van der Waals surface area (Å²) in [6.45, 7) is 1.91. The van der Waals surface area contributed by atoms with Crippen molar-refractivity contribution in [3.05, 3.63) is 35.9 Å². The molecule has 1 heterocycles. The number of hydrogen-bond donors (Lipinski definition) is 1. The summed E-state index contributed by atoms with van der Waals surface area (Å²) in [5.74, 6) is 0.0499. The molecule has 1 saturated heterocycles. The zero-order chi connectivity index (χ0) is 14.4. The van der Waals surface area contributed by atoms with Crippen molar-refractivity contribution in [2.45, 2.75) is 31.2 Å². The van der Waals surface area contributed by atoms with Gasteiger partial charge in [0.15, 0.2) is 0 Å². The van der Waals surface area contributed by atoms with Crippen LogP contribution in [0.4, 0.5) is 0 Å². The summed E-state index contributed by atoms with van der Waals surface area (Å²) in [5, 5.41) is 0. The van der Waals surface area contributed by atoms with Gasteiger partial charge >= 0.3 is 0 Å². The number of aryl methyl sites for hydroxylation is 1. The summed E-state index contributed by atoms with van der Waals surface area (Å²) in [4.78, 5) is 14.2. The largest absolute Gasteiger partial charge is 0.381 e. The van der Waals surface area contributed by atoms with Gasteiger partial charge in [-0.2, -0.15) is 0 Å². The van der Waals surface area contributed by atoms with E-state index in [1.165, 1.54) is 5.56 Å². The van der Waals surface area contributed by atoms with Crippen LogP contribution in [0.3, 0.4) is 0 Å². The zero-order valence-electron chi connectivity index (χ0n) is 12.2. The molecule has 1 aliphatic rings. The van der Waals surface area contributed by atoms with Crippen LogP contribution in [-0.2, 0) is 16.0 Å². The van der Waals surface area contributed by atoms with Gasteiger partial charge in [-0.25, -0.2) is 0 Å². The number of amides is 1. The molecule has 0 aliphatic carbocycles. The first-order chi connectivity index (χ1) is 9.62. The molecule has 4 heteroatoms. The van der Waals surface area contributed by atoms with Crippen LogP contribution in [0.25, 0.3) is 0 Å². The molecule has 0 bridgehead atoms. The van der Waals surface area contributed by atoms with E-state index in [0.717, 1.165) is 19.4 Å². The van der Waals surface area contributed by atoms with Crippen LogP contribution in [0, 0.1) is 0 Å². The number of nitrogens with zero attached hydrogens (tertiary/aromatic N) is 1. The highest BCUT2D eigenvalue weighted by molar-refractivity contribution is 5.86. The third-order valence-electron chi connectivity index (χ3n) is 3.96. The fourth-order valence-corrected chi connectivity index (χ4v) is 2.60.